The second kappa shape index (κ2) is 9.28. The fourth-order valence-electron chi connectivity index (χ4n) is 4.42. The predicted octanol–water partition coefficient (Wildman–Crippen LogP) is 3.98. The number of alkyl halides is 3. The van der Waals surface area contributed by atoms with Gasteiger partial charge in [0.2, 0.25) is 0 Å². The van der Waals surface area contributed by atoms with Crippen molar-refractivity contribution in [2.75, 3.05) is 24.5 Å². The van der Waals surface area contributed by atoms with Crippen molar-refractivity contribution in [3.8, 4) is 17.3 Å². The van der Waals surface area contributed by atoms with Gasteiger partial charge in [-0.3, -0.25) is 4.68 Å². The van der Waals surface area contributed by atoms with Crippen LogP contribution in [0.25, 0.3) is 11.3 Å². The Kier molecular flexibility index (Phi) is 6.64. The highest BCUT2D eigenvalue weighted by atomic mass is 19.4. The van der Waals surface area contributed by atoms with Gasteiger partial charge in [-0.05, 0) is 46.6 Å². The smallest absolute Gasteiger partial charge is 0.417 e. The molecule has 2 aromatic heterocycles. The number of pyridine rings is 1. The first-order chi connectivity index (χ1) is 16.8. The van der Waals surface area contributed by atoms with Crippen molar-refractivity contribution in [2.24, 2.45) is 0 Å². The Morgan fingerprint density at radius 1 is 1.25 bits per heavy atom. The Labute approximate surface area is 207 Å². The predicted molar refractivity (Wildman–Crippen MR) is 124 cm³/mol. The summed E-state index contributed by atoms with van der Waals surface area (Å²) in [4.78, 5) is 19.9. The van der Waals surface area contributed by atoms with E-state index in [1.54, 1.807) is 31.7 Å². The van der Waals surface area contributed by atoms with Gasteiger partial charge in [0.25, 0.3) is 0 Å². The van der Waals surface area contributed by atoms with Crippen LogP contribution in [0, 0.1) is 11.3 Å². The van der Waals surface area contributed by atoms with Crippen molar-refractivity contribution in [1.82, 2.24) is 19.7 Å². The number of carbonyl (C=O) groups is 1. The van der Waals surface area contributed by atoms with Crippen LogP contribution in [0.5, 0.6) is 0 Å². The average molecular weight is 507 g/mol. The number of carbonyl (C=O) groups excluding carboxylic acids is 1. The van der Waals surface area contributed by atoms with Gasteiger partial charge in [0.1, 0.15) is 23.1 Å². The van der Waals surface area contributed by atoms with Crippen LogP contribution in [0.1, 0.15) is 57.7 Å². The number of halogens is 3. The molecule has 2 aliphatic heterocycles. The largest absolute Gasteiger partial charge is 0.444 e. The zero-order chi connectivity index (χ0) is 26.4. The third kappa shape index (κ3) is 5.11. The zero-order valence-electron chi connectivity index (χ0n) is 20.6. The first-order valence-electron chi connectivity index (χ1n) is 11.8. The molecule has 0 aliphatic carbocycles. The van der Waals surface area contributed by atoms with Gasteiger partial charge >= 0.3 is 12.3 Å². The molecule has 0 saturated carbocycles. The van der Waals surface area contributed by atoms with E-state index in [1.807, 2.05) is 6.92 Å². The lowest BCUT2D eigenvalue weighted by Crippen LogP contribution is -2.48. The van der Waals surface area contributed by atoms with Gasteiger partial charge in [-0.1, -0.05) is 0 Å². The second-order valence-electron chi connectivity index (χ2n) is 10.3. The molecule has 0 aromatic carbocycles. The molecular formula is C24H29F3N6O3. The summed E-state index contributed by atoms with van der Waals surface area (Å²) in [5.41, 5.74) is -1.81. The molecule has 0 radical (unpaired) electrons. The first kappa shape index (κ1) is 25.8. The lowest BCUT2D eigenvalue weighted by atomic mass is 10.0. The summed E-state index contributed by atoms with van der Waals surface area (Å²) in [6.07, 6.45) is -2.08. The maximum absolute atomic E-state index is 13.9. The lowest BCUT2D eigenvalue weighted by Gasteiger charge is -2.40. The Bertz CT molecular complexity index is 1180. The molecule has 2 saturated heterocycles. The Hall–Kier alpha value is -3.33. The van der Waals surface area contributed by atoms with Crippen LogP contribution >= 0.6 is 0 Å². The van der Waals surface area contributed by atoms with Crippen molar-refractivity contribution >= 4 is 11.9 Å². The molecule has 0 spiro atoms. The van der Waals surface area contributed by atoms with Gasteiger partial charge < -0.3 is 19.6 Å². The van der Waals surface area contributed by atoms with E-state index in [4.69, 9.17) is 4.74 Å². The number of nitriles is 1. The van der Waals surface area contributed by atoms with E-state index in [2.05, 4.69) is 10.1 Å². The van der Waals surface area contributed by atoms with Gasteiger partial charge in [0.05, 0.1) is 36.1 Å². The summed E-state index contributed by atoms with van der Waals surface area (Å²) in [5.74, 6) is 0.0135. The number of rotatable bonds is 3. The van der Waals surface area contributed by atoms with Gasteiger partial charge in [-0.2, -0.15) is 23.5 Å². The summed E-state index contributed by atoms with van der Waals surface area (Å²) in [6, 6.07) is 2.06. The van der Waals surface area contributed by atoms with Crippen LogP contribution in [0.3, 0.4) is 0 Å². The van der Waals surface area contributed by atoms with Crippen molar-refractivity contribution in [3.05, 3.63) is 29.6 Å². The van der Waals surface area contributed by atoms with Crippen LogP contribution < -0.4 is 4.90 Å². The molecule has 12 heteroatoms. The molecule has 2 unspecified atom stereocenters. The first-order valence-corrected chi connectivity index (χ1v) is 11.8. The van der Waals surface area contributed by atoms with Crippen molar-refractivity contribution in [3.63, 3.8) is 0 Å². The number of hydrogen-bond donors (Lipinski definition) is 1. The maximum Gasteiger partial charge on any atom is 0.417 e. The maximum atomic E-state index is 13.9. The van der Waals surface area contributed by atoms with Crippen LogP contribution in [-0.4, -0.2) is 68.2 Å². The Morgan fingerprint density at radius 2 is 1.97 bits per heavy atom. The molecule has 1 amide bonds. The summed E-state index contributed by atoms with van der Waals surface area (Å²) in [6.45, 7) is 8.04. The number of amides is 1. The van der Waals surface area contributed by atoms with Crippen molar-refractivity contribution < 1.29 is 27.8 Å². The van der Waals surface area contributed by atoms with Crippen LogP contribution in [-0.2, 0) is 10.9 Å². The highest BCUT2D eigenvalue weighted by Crippen LogP contribution is 2.40. The average Bonchev–Trinajstić information content (AvgIpc) is 3.25. The zero-order valence-corrected chi connectivity index (χ0v) is 20.6. The van der Waals surface area contributed by atoms with E-state index >= 15 is 0 Å². The molecule has 4 rings (SSSR count). The van der Waals surface area contributed by atoms with Crippen molar-refractivity contribution in [2.45, 2.75) is 70.5 Å². The van der Waals surface area contributed by atoms with Crippen LogP contribution in [0.4, 0.5) is 23.8 Å². The second-order valence-corrected chi connectivity index (χ2v) is 10.3. The van der Waals surface area contributed by atoms with E-state index in [0.717, 1.165) is 12.5 Å². The van der Waals surface area contributed by atoms with E-state index in [1.165, 1.54) is 22.0 Å². The topological polar surface area (TPSA) is 108 Å². The number of hydrogen-bond acceptors (Lipinski definition) is 7. The molecule has 36 heavy (non-hydrogen) atoms. The highest BCUT2D eigenvalue weighted by Gasteiger charge is 2.39. The van der Waals surface area contributed by atoms with E-state index < -0.39 is 41.1 Å². The highest BCUT2D eigenvalue weighted by molar-refractivity contribution is 5.69. The van der Waals surface area contributed by atoms with E-state index in [0.29, 0.717) is 25.1 Å². The van der Waals surface area contributed by atoms with Crippen molar-refractivity contribution in [1.29, 1.82) is 5.26 Å². The Balaban J connectivity index is 1.60. The molecule has 2 fully saturated rings. The molecule has 1 N–H and O–H groups in total. The molecule has 0 bridgehead atoms. The number of likely N-dealkylation sites (tertiary alicyclic amines) is 1. The number of ether oxygens (including phenoxy) is 1. The van der Waals surface area contributed by atoms with Crippen LogP contribution in [0.15, 0.2) is 18.5 Å². The fourth-order valence-corrected chi connectivity index (χ4v) is 4.42. The standard InChI is InChI=1S/C24H29F3N6O3/c1-14-5-8-32(14)21-16(10-28)17(24(25,26)27)9-18(30-21)15-11-29-33(12-15)19-6-7-31(13-20(19)34)22(35)36-23(2,3)4/h9,11-12,14,19-20,34H,5-8,13H2,1-4H3/t14-,19?,20?/m0/s1. The third-order valence-electron chi connectivity index (χ3n) is 6.44. The summed E-state index contributed by atoms with van der Waals surface area (Å²) in [7, 11) is 0. The minimum absolute atomic E-state index is 0.0135. The third-order valence-corrected chi connectivity index (χ3v) is 6.44. The number of β-amino-alcohol motifs (C(OH)–C–C–N with tert-alkyl or cyclic N) is 1. The molecule has 3 atom stereocenters. The number of piperidine rings is 1. The van der Waals surface area contributed by atoms with Gasteiger partial charge in [0, 0.05) is 30.9 Å². The van der Waals surface area contributed by atoms with E-state index in [-0.39, 0.29) is 24.1 Å². The summed E-state index contributed by atoms with van der Waals surface area (Å²) < 4.78 is 48.4. The number of aliphatic hydroxyl groups excluding tert-OH is 1. The molecular weight excluding hydrogens is 477 g/mol. The minimum atomic E-state index is -4.73. The van der Waals surface area contributed by atoms with E-state index in [9.17, 15) is 28.3 Å². The van der Waals surface area contributed by atoms with Gasteiger partial charge in [0.15, 0.2) is 0 Å². The lowest BCUT2D eigenvalue weighted by molar-refractivity contribution is -0.137. The number of nitrogens with zero attached hydrogens (tertiary/aromatic N) is 6. The fraction of sp³-hybridized carbons (Fsp3) is 0.583. The van der Waals surface area contributed by atoms with Gasteiger partial charge in [-0.15, -0.1) is 0 Å². The minimum Gasteiger partial charge on any atom is -0.444 e. The molecule has 2 aromatic rings. The summed E-state index contributed by atoms with van der Waals surface area (Å²) >= 11 is 0. The number of aliphatic hydroxyl groups is 1. The normalized spacial score (nSPS) is 22.7. The summed E-state index contributed by atoms with van der Waals surface area (Å²) in [5, 5.41) is 24.5. The molecule has 2 aliphatic rings. The SMILES string of the molecule is C[C@H]1CCN1c1nc(-c2cnn(C3CCN(C(=O)OC(C)(C)C)CC3O)c2)cc(C(F)(F)F)c1C#N. The molecule has 4 heterocycles. The molecule has 9 nitrogen and oxygen atoms in total. The monoisotopic (exact) mass is 506 g/mol. The number of anilines is 1. The van der Waals surface area contributed by atoms with Gasteiger partial charge in [-0.25, -0.2) is 9.78 Å². The number of aromatic nitrogens is 3. The molecule has 194 valence electrons. The Morgan fingerprint density at radius 3 is 2.50 bits per heavy atom. The van der Waals surface area contributed by atoms with Crippen LogP contribution in [0.2, 0.25) is 0 Å². The quantitative estimate of drug-likeness (QED) is 0.671.